The smallest absolute Gasteiger partial charge is 0.508 e. The fraction of sp³-hybridized carbons (Fsp3) is 0.393. The molecule has 0 spiro atoms. The lowest BCUT2D eigenvalue weighted by Gasteiger charge is -2.26. The molecule has 0 aliphatic carbocycles. The van der Waals surface area contributed by atoms with E-state index in [1.54, 1.807) is 147 Å². The Kier molecular flexibility index (Phi) is 43.0. The van der Waals surface area contributed by atoms with Crippen molar-refractivity contribution in [2.24, 2.45) is 17.8 Å². The van der Waals surface area contributed by atoms with Crippen molar-refractivity contribution in [3.8, 4) is 23.0 Å². The monoisotopic (exact) mass is 2120 g/mol. The van der Waals surface area contributed by atoms with Crippen LogP contribution in [0.3, 0.4) is 0 Å². The van der Waals surface area contributed by atoms with Crippen LogP contribution in [0.1, 0.15) is 178 Å². The number of aromatic hydroxyl groups is 1. The van der Waals surface area contributed by atoms with Gasteiger partial charge in [0, 0.05) is 31.0 Å². The first-order valence-corrected chi connectivity index (χ1v) is 50.1. The molecule has 0 radical (unpaired) electrons. The van der Waals surface area contributed by atoms with Gasteiger partial charge >= 0.3 is 63.9 Å². The fourth-order valence-electron chi connectivity index (χ4n) is 15.8. The SMILES string of the molecule is C.CC(C)(C)OC(=O)N[C@@H](Cc1ccc(O)cc1)[C@@H]1C[C@@H](Cc2ccccc2F)C(=O)O1.CC(C)(C)OC(=O)N[C@@H](Cc1ccc(OCc2ccccc2)cc1)[C@@H]1CCC(=O)O1.CC(C)(C)OC(=O)N[C@@H](Cc1ccc(OCc2ccccc2)cc1)[C@@H]1C[C@@H](Cc2ccccc2F)C(=O)O1.CC(C)(C)OC(=O)N[C@@H](Cc1ccc(OS(=O)(=O)C(F)(F)F)cc1)[C@@H]1C[C@@H](Cc2ccccc2F)C(=O)O1.Fc1ccccc1CBr. The lowest BCUT2D eigenvalue weighted by molar-refractivity contribution is -0.146. The van der Waals surface area contributed by atoms with Gasteiger partial charge in [0.1, 0.15) is 106 Å². The number of phenols is 1. The lowest BCUT2D eigenvalue weighted by Crippen LogP contribution is -2.46. The Morgan fingerprint density at radius 2 is 0.633 bits per heavy atom. The Labute approximate surface area is 861 Å². The van der Waals surface area contributed by atoms with E-state index in [2.05, 4.69) is 41.4 Å². The van der Waals surface area contributed by atoms with Gasteiger partial charge in [0.15, 0.2) is 0 Å². The highest BCUT2D eigenvalue weighted by atomic mass is 79.9. The number of esters is 4. The van der Waals surface area contributed by atoms with Gasteiger partial charge in [-0.15, -0.1) is 0 Å². The molecule has 4 aliphatic rings. The molecule has 0 saturated carbocycles. The topological polar surface area (TPSA) is 341 Å². The number of halogens is 8. The van der Waals surface area contributed by atoms with Crippen LogP contribution in [0.4, 0.5) is 49.9 Å². The molecular weight excluding hydrogens is 2000 g/mol. The Morgan fingerprint density at radius 1 is 0.367 bits per heavy atom. The number of ether oxygens (including phenoxy) is 10. The normalized spacial score (nSPS) is 17.8. The quantitative estimate of drug-likeness (QED) is 0.00673. The summed E-state index contributed by atoms with van der Waals surface area (Å²) in [6, 6.07) is 69.8. The summed E-state index contributed by atoms with van der Waals surface area (Å²) in [5, 5.41) is 21.4. The van der Waals surface area contributed by atoms with Crippen molar-refractivity contribution in [2.45, 2.75) is 263 Å². The van der Waals surface area contributed by atoms with E-state index >= 15 is 0 Å². The predicted molar refractivity (Wildman–Crippen MR) is 541 cm³/mol. The van der Waals surface area contributed by atoms with E-state index in [1.807, 2.05) is 136 Å². The summed E-state index contributed by atoms with van der Waals surface area (Å²) in [6.07, 6.45) is -1.03. The molecule has 0 aromatic heterocycles. The van der Waals surface area contributed by atoms with Gasteiger partial charge in [0.25, 0.3) is 0 Å². The first kappa shape index (κ1) is 117. The van der Waals surface area contributed by atoms with Crippen molar-refractivity contribution in [3.63, 3.8) is 0 Å². The van der Waals surface area contributed by atoms with Crippen LogP contribution < -0.4 is 34.9 Å². The minimum atomic E-state index is -5.83. The largest absolute Gasteiger partial charge is 0.534 e. The lowest BCUT2D eigenvalue weighted by atomic mass is 9.92. The van der Waals surface area contributed by atoms with E-state index in [0.29, 0.717) is 91.3 Å². The molecule has 790 valence electrons. The highest BCUT2D eigenvalue weighted by molar-refractivity contribution is 9.08. The Bertz CT molecular complexity index is 6070. The van der Waals surface area contributed by atoms with Crippen LogP contribution in [-0.2, 0) is 131 Å². The minimum absolute atomic E-state index is 0. The third-order valence-corrected chi connectivity index (χ3v) is 24.3. The number of phenolic OH excluding ortho intramolecular Hbond substituents is 1. The van der Waals surface area contributed by atoms with Gasteiger partial charge in [-0.1, -0.05) is 205 Å². The summed E-state index contributed by atoms with van der Waals surface area (Å²) in [5.74, 6) is -3.47. The molecule has 35 heteroatoms. The summed E-state index contributed by atoms with van der Waals surface area (Å²) in [6.45, 7) is 22.0. The van der Waals surface area contributed by atoms with Crippen molar-refractivity contribution < 1.29 is 134 Å². The van der Waals surface area contributed by atoms with Gasteiger partial charge in [-0.3, -0.25) is 19.2 Å². The van der Waals surface area contributed by atoms with Gasteiger partial charge in [0.2, 0.25) is 0 Å². The summed E-state index contributed by atoms with van der Waals surface area (Å²) in [4.78, 5) is 99.2. The predicted octanol–water partition coefficient (Wildman–Crippen LogP) is 22.6. The number of amides is 4. The molecule has 147 heavy (non-hydrogen) atoms. The molecule has 4 amide bonds. The van der Waals surface area contributed by atoms with Crippen LogP contribution in [0, 0.1) is 41.0 Å². The number of hydrogen-bond acceptors (Lipinski definition) is 22. The molecule has 5 N–H and O–H groups in total. The van der Waals surface area contributed by atoms with Crippen LogP contribution in [0.25, 0.3) is 0 Å². The number of hydrogen-bond donors (Lipinski definition) is 5. The third kappa shape index (κ3) is 39.9. The maximum absolute atomic E-state index is 14.2. The van der Waals surface area contributed by atoms with Crippen LogP contribution >= 0.6 is 15.9 Å². The number of alkyl halides is 4. The van der Waals surface area contributed by atoms with E-state index in [1.165, 1.54) is 42.5 Å². The summed E-state index contributed by atoms with van der Waals surface area (Å²) < 4.78 is 175. The van der Waals surface area contributed by atoms with E-state index in [0.717, 1.165) is 51.4 Å². The molecule has 0 unspecified atom stereocenters. The number of carbonyl (C=O) groups is 8. The Hall–Kier alpha value is -13.7. The highest BCUT2D eigenvalue weighted by Gasteiger charge is 2.49. The molecule has 10 aromatic rings. The second-order valence-corrected chi connectivity index (χ2v) is 41.5. The van der Waals surface area contributed by atoms with Crippen LogP contribution in [0.5, 0.6) is 23.0 Å². The zero-order chi connectivity index (χ0) is 106. The second-order valence-electron chi connectivity index (χ2n) is 39.4. The van der Waals surface area contributed by atoms with Crippen LogP contribution in [0.15, 0.2) is 255 Å². The average Bonchev–Trinajstić information content (AvgIpc) is 1.80. The molecule has 0 bridgehead atoms. The van der Waals surface area contributed by atoms with E-state index in [9.17, 15) is 82.6 Å². The van der Waals surface area contributed by atoms with Gasteiger partial charge in [-0.05, 0) is 263 Å². The maximum Gasteiger partial charge on any atom is 0.534 e. The summed E-state index contributed by atoms with van der Waals surface area (Å²) in [5.41, 5.74) is -0.930. The number of nitrogens with one attached hydrogen (secondary N) is 4. The highest BCUT2D eigenvalue weighted by Crippen LogP contribution is 2.36. The summed E-state index contributed by atoms with van der Waals surface area (Å²) >= 11 is 3.17. The third-order valence-electron chi connectivity index (χ3n) is 22.8. The molecule has 11 atom stereocenters. The van der Waals surface area contributed by atoms with Crippen molar-refractivity contribution in [2.75, 3.05) is 0 Å². The molecular formula is C112H128BrF7N4O22S. The number of cyclic esters (lactones) is 4. The first-order chi connectivity index (χ1) is 68.9. The molecule has 4 saturated heterocycles. The van der Waals surface area contributed by atoms with Gasteiger partial charge < -0.3 is 77.9 Å². The van der Waals surface area contributed by atoms with Crippen molar-refractivity contribution in [1.29, 1.82) is 0 Å². The number of alkyl carbamates (subject to hydrolysis) is 4. The molecule has 4 heterocycles. The van der Waals surface area contributed by atoms with Crippen molar-refractivity contribution >= 4 is 74.3 Å². The number of carbonyl (C=O) groups excluding carboxylic acids is 8. The molecule has 4 fully saturated rings. The van der Waals surface area contributed by atoms with E-state index in [4.69, 9.17) is 47.4 Å². The van der Waals surface area contributed by atoms with Crippen molar-refractivity contribution in [1.82, 2.24) is 21.3 Å². The van der Waals surface area contributed by atoms with Gasteiger partial charge in [-0.2, -0.15) is 21.6 Å². The standard InChI is InChI=1S/C31H34FNO5.C25H27F4NO7S.C24H28FNO5.C24H29NO5.C7H6BrF.CH4/c1-31(2,3)38-30(35)33-27(28-19-24(29(34)37-28)18-23-11-7-8-12-26(23)32)17-21-13-15-25(16-14-21)36-20-22-9-5-4-6-10-22;1-24(2,3)36-23(32)30-20(12-15-8-10-18(11-9-15)37-38(33,34)25(27,28)29)21-14-17(22(31)35-21)13-16-6-4-5-7-19(16)26;1-24(2,3)31-23(29)26-20(12-15-8-10-18(27)11-9-15)21-14-17(22(28)30-21)13-16-6-4-5-7-19(16)25;1-24(2,3)30-23(27)25-20(21-13-14-22(26)29-21)15-17-9-11-19(12-10-17)28-16-18-7-5-4-6-8-18;8-5-6-3-1-2-4-7(6)9;/h4-16,24,27-28H,17-20H2,1-3H3,(H,33,35);4-11,17,20-21H,12-14H2,1-3H3,(H,30,32);4-11,17,20-21,27H,12-14H2,1-3H3,(H,26,29);4-12,20-21H,13-16H2,1-3H3,(H,25,27);1-4H,5H2;1H4/t24-,27+,28+;2*17-,20+,21+;20-,21-;;/m1110../s1. The Morgan fingerprint density at radius 3 is 0.891 bits per heavy atom. The summed E-state index contributed by atoms with van der Waals surface area (Å²) in [7, 11) is -5.83. The number of rotatable bonds is 31. The molecule has 4 aliphatic heterocycles. The van der Waals surface area contributed by atoms with Gasteiger partial charge in [0.05, 0.1) is 41.9 Å². The van der Waals surface area contributed by atoms with Crippen LogP contribution in [0.2, 0.25) is 0 Å². The zero-order valence-electron chi connectivity index (χ0n) is 83.2. The second kappa shape index (κ2) is 54.1. The maximum atomic E-state index is 14.2. The van der Waals surface area contributed by atoms with Crippen LogP contribution in [-0.4, -0.2) is 138 Å². The van der Waals surface area contributed by atoms with E-state index < -0.39 is 140 Å². The molecule has 10 aromatic carbocycles. The molecule has 14 rings (SSSR count). The zero-order valence-corrected chi connectivity index (χ0v) is 85.6. The minimum Gasteiger partial charge on any atom is -0.508 e. The van der Waals surface area contributed by atoms with E-state index in [-0.39, 0.29) is 86.8 Å². The van der Waals surface area contributed by atoms with Crippen molar-refractivity contribution in [3.05, 3.63) is 334 Å². The molecule has 26 nitrogen and oxygen atoms in total. The number of benzene rings is 10. The fourth-order valence-corrected chi connectivity index (χ4v) is 16.8. The Balaban J connectivity index is 0.000000212. The first-order valence-electron chi connectivity index (χ1n) is 47.6. The van der Waals surface area contributed by atoms with Gasteiger partial charge in [-0.25, -0.2) is 36.7 Å². The average molecular weight is 2130 g/mol.